The molecule has 0 spiro atoms. The summed E-state index contributed by atoms with van der Waals surface area (Å²) in [5, 5.41) is 5.50. The number of nitrogens with one attached hydrogen (secondary N) is 1. The van der Waals surface area contributed by atoms with Crippen LogP contribution >= 0.6 is 22.7 Å². The van der Waals surface area contributed by atoms with Crippen molar-refractivity contribution in [2.45, 2.75) is 20.3 Å². The maximum absolute atomic E-state index is 12.4. The number of aromatic nitrogens is 1. The number of methoxy groups -OCH3 is 1. The van der Waals surface area contributed by atoms with Crippen LogP contribution in [0.15, 0.2) is 35.7 Å². The molecule has 2 aromatic heterocycles. The van der Waals surface area contributed by atoms with Crippen LogP contribution in [0.4, 0.5) is 5.13 Å². The molecule has 0 aliphatic rings. The third-order valence-electron chi connectivity index (χ3n) is 3.71. The summed E-state index contributed by atoms with van der Waals surface area (Å²) in [4.78, 5) is 18.9. The van der Waals surface area contributed by atoms with Crippen molar-refractivity contribution in [1.82, 2.24) is 4.98 Å². The number of benzene rings is 1. The van der Waals surface area contributed by atoms with Crippen LogP contribution in [-0.4, -0.2) is 18.0 Å². The van der Waals surface area contributed by atoms with Crippen molar-refractivity contribution >= 4 is 33.7 Å². The van der Waals surface area contributed by atoms with Crippen LogP contribution in [0.1, 0.15) is 27.0 Å². The second-order valence-corrected chi connectivity index (χ2v) is 7.35. The number of thiazole rings is 1. The van der Waals surface area contributed by atoms with Gasteiger partial charge >= 0.3 is 0 Å². The zero-order chi connectivity index (χ0) is 17.1. The quantitative estimate of drug-likeness (QED) is 0.698. The number of ether oxygens (including phenoxy) is 1. The van der Waals surface area contributed by atoms with Gasteiger partial charge in [0.25, 0.3) is 5.91 Å². The molecule has 1 aromatic carbocycles. The molecule has 6 heteroatoms. The molecule has 0 aliphatic heterocycles. The molecule has 3 aromatic rings. The van der Waals surface area contributed by atoms with Gasteiger partial charge in [-0.15, -0.1) is 22.7 Å². The summed E-state index contributed by atoms with van der Waals surface area (Å²) in [7, 11) is 1.64. The van der Waals surface area contributed by atoms with Gasteiger partial charge in [0.15, 0.2) is 5.13 Å². The SMILES string of the molecule is CCc1ccsc1C(=O)Nc1nc(-c2ccc(OC)cc2)c(C)s1. The Balaban J connectivity index is 1.82. The third kappa shape index (κ3) is 3.34. The molecule has 0 saturated heterocycles. The van der Waals surface area contributed by atoms with Gasteiger partial charge in [0.1, 0.15) is 5.75 Å². The van der Waals surface area contributed by atoms with E-state index in [4.69, 9.17) is 4.74 Å². The van der Waals surface area contributed by atoms with E-state index in [2.05, 4.69) is 10.3 Å². The number of carbonyl (C=O) groups is 1. The fraction of sp³-hybridized carbons (Fsp3) is 0.222. The molecular weight excluding hydrogens is 340 g/mol. The van der Waals surface area contributed by atoms with Crippen LogP contribution in [-0.2, 0) is 6.42 Å². The van der Waals surface area contributed by atoms with Gasteiger partial charge in [0, 0.05) is 10.4 Å². The summed E-state index contributed by atoms with van der Waals surface area (Å²) in [5.41, 5.74) is 2.97. The monoisotopic (exact) mass is 358 g/mol. The summed E-state index contributed by atoms with van der Waals surface area (Å²) in [6.45, 7) is 4.06. The number of hydrogen-bond donors (Lipinski definition) is 1. The molecule has 3 rings (SSSR count). The Morgan fingerprint density at radius 2 is 2.00 bits per heavy atom. The highest BCUT2D eigenvalue weighted by Crippen LogP contribution is 2.32. The van der Waals surface area contributed by atoms with Crippen molar-refractivity contribution in [2.75, 3.05) is 12.4 Å². The highest BCUT2D eigenvalue weighted by atomic mass is 32.1. The normalized spacial score (nSPS) is 10.6. The van der Waals surface area contributed by atoms with E-state index in [1.807, 2.05) is 49.6 Å². The Labute approximate surface area is 149 Å². The van der Waals surface area contributed by atoms with Crippen molar-refractivity contribution in [3.05, 3.63) is 51.0 Å². The minimum atomic E-state index is -0.0862. The largest absolute Gasteiger partial charge is 0.497 e. The predicted molar refractivity (Wildman–Crippen MR) is 100 cm³/mol. The first-order chi connectivity index (χ1) is 11.6. The van der Waals surface area contributed by atoms with E-state index < -0.39 is 0 Å². The zero-order valence-electron chi connectivity index (χ0n) is 13.8. The minimum absolute atomic E-state index is 0.0862. The molecule has 0 saturated carbocycles. The molecule has 1 N–H and O–H groups in total. The van der Waals surface area contributed by atoms with Crippen LogP contribution in [0.25, 0.3) is 11.3 Å². The number of nitrogens with zero attached hydrogens (tertiary/aromatic N) is 1. The highest BCUT2D eigenvalue weighted by Gasteiger charge is 2.16. The molecule has 0 bridgehead atoms. The van der Waals surface area contributed by atoms with E-state index in [0.717, 1.165) is 38.7 Å². The van der Waals surface area contributed by atoms with E-state index >= 15 is 0 Å². The van der Waals surface area contributed by atoms with Gasteiger partial charge in [-0.05, 0) is 54.6 Å². The van der Waals surface area contributed by atoms with Gasteiger partial charge in [0.2, 0.25) is 0 Å². The Kier molecular flexibility index (Phi) is 4.97. The van der Waals surface area contributed by atoms with Crippen LogP contribution in [0.3, 0.4) is 0 Å². The topological polar surface area (TPSA) is 51.2 Å². The lowest BCUT2D eigenvalue weighted by Crippen LogP contribution is -2.11. The fourth-order valence-electron chi connectivity index (χ4n) is 2.43. The number of amides is 1. The zero-order valence-corrected chi connectivity index (χ0v) is 15.4. The van der Waals surface area contributed by atoms with Crippen molar-refractivity contribution in [3.63, 3.8) is 0 Å². The molecule has 4 nitrogen and oxygen atoms in total. The summed E-state index contributed by atoms with van der Waals surface area (Å²) < 4.78 is 5.18. The second-order valence-electron chi connectivity index (χ2n) is 5.23. The van der Waals surface area contributed by atoms with Gasteiger partial charge in [-0.1, -0.05) is 6.92 Å². The first kappa shape index (κ1) is 16.7. The lowest BCUT2D eigenvalue weighted by Gasteiger charge is -2.02. The lowest BCUT2D eigenvalue weighted by atomic mass is 10.1. The van der Waals surface area contributed by atoms with Crippen molar-refractivity contribution < 1.29 is 9.53 Å². The maximum Gasteiger partial charge on any atom is 0.267 e. The molecule has 1 amide bonds. The van der Waals surface area contributed by atoms with Crippen LogP contribution < -0.4 is 10.1 Å². The van der Waals surface area contributed by atoms with Crippen LogP contribution in [0.2, 0.25) is 0 Å². The van der Waals surface area contributed by atoms with E-state index in [1.54, 1.807) is 7.11 Å². The number of hydrogen-bond acceptors (Lipinski definition) is 5. The van der Waals surface area contributed by atoms with Gasteiger partial charge in [-0.2, -0.15) is 0 Å². The average molecular weight is 358 g/mol. The number of rotatable bonds is 5. The predicted octanol–water partition coefficient (Wildman–Crippen LogP) is 5.00. The molecule has 0 atom stereocenters. The molecule has 0 radical (unpaired) electrons. The molecule has 24 heavy (non-hydrogen) atoms. The van der Waals surface area contributed by atoms with Gasteiger partial charge < -0.3 is 4.74 Å². The van der Waals surface area contributed by atoms with E-state index in [-0.39, 0.29) is 5.91 Å². The van der Waals surface area contributed by atoms with Crippen molar-refractivity contribution in [1.29, 1.82) is 0 Å². The van der Waals surface area contributed by atoms with Gasteiger partial charge in [-0.3, -0.25) is 10.1 Å². The molecule has 0 aliphatic carbocycles. The summed E-state index contributed by atoms with van der Waals surface area (Å²) in [5.74, 6) is 0.724. The number of carbonyl (C=O) groups excluding carboxylic acids is 1. The van der Waals surface area contributed by atoms with Gasteiger partial charge in [-0.25, -0.2) is 4.98 Å². The standard InChI is InChI=1S/C18H18N2O2S2/c1-4-12-9-10-23-16(12)17(21)20-18-19-15(11(2)24-18)13-5-7-14(22-3)8-6-13/h5-10H,4H2,1-3H3,(H,19,20,21). The molecule has 0 unspecified atom stereocenters. The molecule has 0 fully saturated rings. The minimum Gasteiger partial charge on any atom is -0.497 e. The van der Waals surface area contributed by atoms with E-state index in [0.29, 0.717) is 5.13 Å². The van der Waals surface area contributed by atoms with Crippen molar-refractivity contribution in [3.8, 4) is 17.0 Å². The Morgan fingerprint density at radius 1 is 1.25 bits per heavy atom. The van der Waals surface area contributed by atoms with E-state index in [1.165, 1.54) is 22.7 Å². The Hall–Kier alpha value is -2.18. The molecular formula is C18H18N2O2S2. The number of thiophene rings is 1. The molecule has 2 heterocycles. The van der Waals surface area contributed by atoms with Crippen LogP contribution in [0.5, 0.6) is 5.75 Å². The highest BCUT2D eigenvalue weighted by molar-refractivity contribution is 7.16. The number of anilines is 1. The summed E-state index contributed by atoms with van der Waals surface area (Å²) in [6, 6.07) is 9.76. The first-order valence-electron chi connectivity index (χ1n) is 7.62. The third-order valence-corrected chi connectivity index (χ3v) is 5.56. The molecule has 124 valence electrons. The summed E-state index contributed by atoms with van der Waals surface area (Å²) in [6.07, 6.45) is 0.847. The Bertz CT molecular complexity index is 850. The first-order valence-corrected chi connectivity index (χ1v) is 9.31. The van der Waals surface area contributed by atoms with E-state index in [9.17, 15) is 4.79 Å². The number of aryl methyl sites for hydroxylation is 2. The average Bonchev–Trinajstić information content (AvgIpc) is 3.21. The van der Waals surface area contributed by atoms with Crippen molar-refractivity contribution in [2.24, 2.45) is 0 Å². The Morgan fingerprint density at radius 3 is 2.67 bits per heavy atom. The second kappa shape index (κ2) is 7.15. The lowest BCUT2D eigenvalue weighted by molar-refractivity contribution is 0.103. The fourth-order valence-corrected chi connectivity index (χ4v) is 4.15. The van der Waals surface area contributed by atoms with Crippen LogP contribution in [0, 0.1) is 6.92 Å². The van der Waals surface area contributed by atoms with Gasteiger partial charge in [0.05, 0.1) is 17.7 Å². The smallest absolute Gasteiger partial charge is 0.267 e. The summed E-state index contributed by atoms with van der Waals surface area (Å²) >= 11 is 2.95. The maximum atomic E-state index is 12.4.